The lowest BCUT2D eigenvalue weighted by Gasteiger charge is -2.16. The van der Waals surface area contributed by atoms with Crippen molar-refractivity contribution in [1.82, 2.24) is 0 Å². The minimum Gasteiger partial charge on any atom is -0.383 e. The fraction of sp³-hybridized carbons (Fsp3) is 0.333. The van der Waals surface area contributed by atoms with Crippen molar-refractivity contribution in [2.24, 2.45) is 0 Å². The molecular weight excluding hydrogens is 308 g/mol. The highest BCUT2D eigenvalue weighted by atomic mass is 79.9. The topological polar surface area (TPSA) is 20.2 Å². The van der Waals surface area contributed by atoms with Gasteiger partial charge in [0.05, 0.1) is 3.79 Å². The summed E-state index contributed by atoms with van der Waals surface area (Å²) in [6, 6.07) is 6.31. The molecule has 0 aliphatic heterocycles. The van der Waals surface area contributed by atoms with Gasteiger partial charge >= 0.3 is 0 Å². The van der Waals surface area contributed by atoms with Crippen LogP contribution in [0, 0.1) is 27.7 Å². The highest BCUT2D eigenvalue weighted by molar-refractivity contribution is 9.11. The molecule has 1 unspecified atom stereocenters. The van der Waals surface area contributed by atoms with Crippen LogP contribution < -0.4 is 0 Å². The van der Waals surface area contributed by atoms with E-state index in [1.165, 1.54) is 11.1 Å². The van der Waals surface area contributed by atoms with Crippen LogP contribution >= 0.6 is 27.3 Å². The summed E-state index contributed by atoms with van der Waals surface area (Å²) in [5, 5.41) is 10.6. The van der Waals surface area contributed by atoms with E-state index in [9.17, 15) is 5.11 Å². The highest BCUT2D eigenvalue weighted by Crippen LogP contribution is 2.36. The zero-order valence-electron chi connectivity index (χ0n) is 11.0. The van der Waals surface area contributed by atoms with Gasteiger partial charge in [-0.3, -0.25) is 0 Å². The SMILES string of the molecule is Cc1cc(C)c(C(O)c2cc(C)c(Br)s2)c(C)c1. The minimum absolute atomic E-state index is 0.527. The van der Waals surface area contributed by atoms with Gasteiger partial charge in [-0.15, -0.1) is 11.3 Å². The van der Waals surface area contributed by atoms with Gasteiger partial charge in [-0.05, 0) is 71.9 Å². The van der Waals surface area contributed by atoms with Gasteiger partial charge in [0.25, 0.3) is 0 Å². The van der Waals surface area contributed by atoms with Crippen LogP contribution in [-0.4, -0.2) is 5.11 Å². The number of benzene rings is 1. The molecule has 96 valence electrons. The molecule has 1 N–H and O–H groups in total. The third-order valence-corrected chi connectivity index (χ3v) is 5.35. The summed E-state index contributed by atoms with van der Waals surface area (Å²) >= 11 is 5.12. The highest BCUT2D eigenvalue weighted by Gasteiger charge is 2.18. The normalized spacial score (nSPS) is 12.8. The Kier molecular flexibility index (Phi) is 3.95. The largest absolute Gasteiger partial charge is 0.383 e. The maximum Gasteiger partial charge on any atom is 0.114 e. The van der Waals surface area contributed by atoms with E-state index < -0.39 is 6.10 Å². The Bertz CT molecular complexity index is 544. The standard InChI is InChI=1S/C15H17BrOS/c1-8-5-9(2)13(10(3)6-8)14(17)12-7-11(4)15(16)18-12/h5-7,14,17H,1-4H3. The predicted octanol–water partition coefficient (Wildman–Crippen LogP) is 4.83. The lowest BCUT2D eigenvalue weighted by atomic mass is 9.95. The van der Waals surface area contributed by atoms with E-state index in [0.717, 1.165) is 25.4 Å². The molecule has 2 rings (SSSR count). The molecule has 0 aliphatic rings. The third kappa shape index (κ3) is 2.53. The zero-order valence-corrected chi connectivity index (χ0v) is 13.4. The van der Waals surface area contributed by atoms with Gasteiger partial charge in [0.15, 0.2) is 0 Å². The molecule has 1 nitrogen and oxygen atoms in total. The van der Waals surface area contributed by atoms with E-state index >= 15 is 0 Å². The fourth-order valence-corrected chi connectivity index (χ4v) is 3.95. The van der Waals surface area contributed by atoms with Gasteiger partial charge in [-0.1, -0.05) is 17.7 Å². The summed E-state index contributed by atoms with van der Waals surface area (Å²) in [7, 11) is 0. The molecule has 0 saturated heterocycles. The second kappa shape index (κ2) is 5.16. The lowest BCUT2D eigenvalue weighted by Crippen LogP contribution is -2.03. The van der Waals surface area contributed by atoms with Crippen LogP contribution in [0.15, 0.2) is 22.0 Å². The fourth-order valence-electron chi connectivity index (χ4n) is 2.38. The molecule has 1 heterocycles. The van der Waals surface area contributed by atoms with Crippen molar-refractivity contribution >= 4 is 27.3 Å². The van der Waals surface area contributed by atoms with Crippen LogP contribution in [0.5, 0.6) is 0 Å². The monoisotopic (exact) mass is 324 g/mol. The summed E-state index contributed by atoms with van der Waals surface area (Å²) in [6.45, 7) is 8.26. The summed E-state index contributed by atoms with van der Waals surface area (Å²) < 4.78 is 1.10. The van der Waals surface area contributed by atoms with E-state index in [4.69, 9.17) is 0 Å². The molecule has 0 fully saturated rings. The molecular formula is C15H17BrOS. The van der Waals surface area contributed by atoms with Crippen molar-refractivity contribution in [2.75, 3.05) is 0 Å². The first-order valence-electron chi connectivity index (χ1n) is 5.91. The Morgan fingerprint density at radius 1 is 1.00 bits per heavy atom. The number of hydrogen-bond donors (Lipinski definition) is 1. The van der Waals surface area contributed by atoms with Crippen LogP contribution in [0.4, 0.5) is 0 Å². The van der Waals surface area contributed by atoms with Crippen molar-refractivity contribution in [1.29, 1.82) is 0 Å². The number of aryl methyl sites for hydroxylation is 4. The molecule has 2 aromatic rings. The molecule has 0 radical (unpaired) electrons. The summed E-state index contributed by atoms with van der Waals surface area (Å²) in [6.07, 6.45) is -0.527. The number of thiophene rings is 1. The molecule has 0 aliphatic carbocycles. The molecule has 0 saturated carbocycles. The predicted molar refractivity (Wildman–Crippen MR) is 81.5 cm³/mol. The van der Waals surface area contributed by atoms with E-state index in [2.05, 4.69) is 54.9 Å². The maximum atomic E-state index is 10.6. The van der Waals surface area contributed by atoms with Gasteiger partial charge in [0.2, 0.25) is 0 Å². The molecule has 1 atom stereocenters. The average molecular weight is 325 g/mol. The first-order chi connectivity index (χ1) is 8.40. The minimum atomic E-state index is -0.527. The first kappa shape index (κ1) is 13.8. The summed E-state index contributed by atoms with van der Waals surface area (Å²) in [4.78, 5) is 0.995. The van der Waals surface area contributed by atoms with Gasteiger partial charge in [0.1, 0.15) is 6.10 Å². The molecule has 18 heavy (non-hydrogen) atoms. The number of halogens is 1. The number of aliphatic hydroxyl groups is 1. The van der Waals surface area contributed by atoms with Gasteiger partial charge in [-0.25, -0.2) is 0 Å². The smallest absolute Gasteiger partial charge is 0.114 e. The molecule has 1 aromatic heterocycles. The van der Waals surface area contributed by atoms with Crippen LogP contribution in [0.1, 0.15) is 38.8 Å². The quantitative estimate of drug-likeness (QED) is 0.839. The second-order valence-corrected chi connectivity index (χ2v) is 7.22. The van der Waals surface area contributed by atoms with Crippen LogP contribution in [0.25, 0.3) is 0 Å². The van der Waals surface area contributed by atoms with E-state index in [1.807, 2.05) is 6.92 Å². The lowest BCUT2D eigenvalue weighted by molar-refractivity contribution is 0.222. The Morgan fingerprint density at radius 3 is 2.00 bits per heavy atom. The number of hydrogen-bond acceptors (Lipinski definition) is 2. The zero-order chi connectivity index (χ0) is 13.4. The second-order valence-electron chi connectivity index (χ2n) is 4.82. The maximum absolute atomic E-state index is 10.6. The van der Waals surface area contributed by atoms with E-state index in [-0.39, 0.29) is 0 Å². The number of rotatable bonds is 2. The van der Waals surface area contributed by atoms with Crippen molar-refractivity contribution in [3.8, 4) is 0 Å². The molecule has 3 heteroatoms. The first-order valence-corrected chi connectivity index (χ1v) is 7.52. The van der Waals surface area contributed by atoms with Gasteiger partial charge < -0.3 is 5.11 Å². The molecule has 0 amide bonds. The summed E-state index contributed by atoms with van der Waals surface area (Å²) in [5.41, 5.74) is 5.76. The van der Waals surface area contributed by atoms with Gasteiger partial charge in [-0.2, -0.15) is 0 Å². The van der Waals surface area contributed by atoms with E-state index in [0.29, 0.717) is 0 Å². The summed E-state index contributed by atoms with van der Waals surface area (Å²) in [5.74, 6) is 0. The Labute approximate surface area is 121 Å². The Hall–Kier alpha value is -0.640. The van der Waals surface area contributed by atoms with Crippen LogP contribution in [0.3, 0.4) is 0 Å². The Balaban J connectivity index is 2.49. The number of aliphatic hydroxyl groups excluding tert-OH is 1. The van der Waals surface area contributed by atoms with Crippen molar-refractivity contribution < 1.29 is 5.11 Å². The van der Waals surface area contributed by atoms with Crippen LogP contribution in [0.2, 0.25) is 0 Å². The molecule has 0 spiro atoms. The van der Waals surface area contributed by atoms with Crippen molar-refractivity contribution in [2.45, 2.75) is 33.8 Å². The molecule has 0 bridgehead atoms. The van der Waals surface area contributed by atoms with Crippen molar-refractivity contribution in [3.05, 3.63) is 54.7 Å². The van der Waals surface area contributed by atoms with Crippen molar-refractivity contribution in [3.63, 3.8) is 0 Å². The third-order valence-electron chi connectivity index (χ3n) is 3.16. The molecule has 1 aromatic carbocycles. The van der Waals surface area contributed by atoms with Gasteiger partial charge in [0, 0.05) is 4.88 Å². The average Bonchev–Trinajstić information content (AvgIpc) is 2.57. The van der Waals surface area contributed by atoms with Crippen LogP contribution in [-0.2, 0) is 0 Å². The Morgan fingerprint density at radius 2 is 1.56 bits per heavy atom. The van der Waals surface area contributed by atoms with E-state index in [1.54, 1.807) is 11.3 Å².